The topological polar surface area (TPSA) is 58.6 Å². The van der Waals surface area contributed by atoms with E-state index >= 15 is 0 Å². The molecular formula is C15H22N2O3. The van der Waals surface area contributed by atoms with Crippen molar-refractivity contribution >= 4 is 11.9 Å². The van der Waals surface area contributed by atoms with Gasteiger partial charge in [-0.3, -0.25) is 14.5 Å². The van der Waals surface area contributed by atoms with Gasteiger partial charge in [0.2, 0.25) is 5.91 Å². The van der Waals surface area contributed by atoms with Crippen molar-refractivity contribution in [2.75, 3.05) is 27.2 Å². The molecule has 0 aliphatic rings. The largest absolute Gasteiger partial charge is 0.469 e. The van der Waals surface area contributed by atoms with E-state index in [-0.39, 0.29) is 11.9 Å². The van der Waals surface area contributed by atoms with Gasteiger partial charge in [-0.25, -0.2) is 0 Å². The highest BCUT2D eigenvalue weighted by molar-refractivity contribution is 5.78. The normalized spacial score (nSPS) is 10.3. The molecule has 0 fully saturated rings. The van der Waals surface area contributed by atoms with Crippen molar-refractivity contribution in [2.45, 2.75) is 19.4 Å². The average Bonchev–Trinajstić information content (AvgIpc) is 2.46. The summed E-state index contributed by atoms with van der Waals surface area (Å²) in [7, 11) is 3.24. The molecule has 0 aromatic heterocycles. The molecule has 1 N–H and O–H groups in total. The lowest BCUT2D eigenvalue weighted by Crippen LogP contribution is -2.35. The smallest absolute Gasteiger partial charge is 0.305 e. The van der Waals surface area contributed by atoms with E-state index in [2.05, 4.69) is 10.1 Å². The van der Waals surface area contributed by atoms with Crippen LogP contribution >= 0.6 is 0 Å². The first-order valence-electron chi connectivity index (χ1n) is 6.68. The van der Waals surface area contributed by atoms with E-state index < -0.39 is 0 Å². The van der Waals surface area contributed by atoms with Crippen molar-refractivity contribution in [1.29, 1.82) is 0 Å². The van der Waals surface area contributed by atoms with Crippen molar-refractivity contribution < 1.29 is 14.3 Å². The fourth-order valence-electron chi connectivity index (χ4n) is 1.77. The number of nitrogens with one attached hydrogen (secondary N) is 1. The molecule has 0 saturated heterocycles. The second kappa shape index (κ2) is 9.09. The first kappa shape index (κ1) is 16.2. The molecule has 1 aromatic carbocycles. The van der Waals surface area contributed by atoms with Crippen LogP contribution in [0, 0.1) is 0 Å². The molecule has 0 aliphatic heterocycles. The molecule has 5 heteroatoms. The van der Waals surface area contributed by atoms with E-state index in [1.165, 1.54) is 7.11 Å². The average molecular weight is 278 g/mol. The van der Waals surface area contributed by atoms with Crippen molar-refractivity contribution in [1.82, 2.24) is 10.2 Å². The van der Waals surface area contributed by atoms with E-state index in [1.807, 2.05) is 42.3 Å². The Morgan fingerprint density at radius 2 is 1.95 bits per heavy atom. The molecule has 0 unspecified atom stereocenters. The fourth-order valence-corrected chi connectivity index (χ4v) is 1.77. The Morgan fingerprint density at radius 3 is 2.60 bits per heavy atom. The Bertz CT molecular complexity index is 420. The number of hydrogen-bond donors (Lipinski definition) is 1. The minimum absolute atomic E-state index is 0.0191. The van der Waals surface area contributed by atoms with Gasteiger partial charge < -0.3 is 10.1 Å². The number of nitrogens with zero attached hydrogens (tertiary/aromatic N) is 1. The van der Waals surface area contributed by atoms with Crippen LogP contribution in [0.2, 0.25) is 0 Å². The van der Waals surface area contributed by atoms with Gasteiger partial charge in [0.15, 0.2) is 0 Å². The Labute approximate surface area is 119 Å². The molecule has 1 rings (SSSR count). The van der Waals surface area contributed by atoms with Gasteiger partial charge in [0.05, 0.1) is 13.7 Å². The summed E-state index contributed by atoms with van der Waals surface area (Å²) in [5, 5.41) is 2.87. The number of carbonyl (C=O) groups is 2. The highest BCUT2D eigenvalue weighted by Gasteiger charge is 2.07. The van der Waals surface area contributed by atoms with Crippen LogP contribution in [0.3, 0.4) is 0 Å². The fraction of sp³-hybridized carbons (Fsp3) is 0.467. The first-order valence-corrected chi connectivity index (χ1v) is 6.68. The highest BCUT2D eigenvalue weighted by Crippen LogP contribution is 1.98. The molecule has 0 atom stereocenters. The van der Waals surface area contributed by atoms with Gasteiger partial charge in [-0.05, 0) is 25.6 Å². The number of benzene rings is 1. The lowest BCUT2D eigenvalue weighted by Gasteiger charge is -2.15. The van der Waals surface area contributed by atoms with E-state index in [9.17, 15) is 9.59 Å². The summed E-state index contributed by atoms with van der Waals surface area (Å²) in [4.78, 5) is 24.6. The number of methoxy groups -OCH3 is 1. The third-order valence-electron chi connectivity index (χ3n) is 2.89. The van der Waals surface area contributed by atoms with Crippen LogP contribution in [0.4, 0.5) is 0 Å². The van der Waals surface area contributed by atoms with Gasteiger partial charge in [0.1, 0.15) is 0 Å². The predicted molar refractivity (Wildman–Crippen MR) is 77.0 cm³/mol. The van der Waals surface area contributed by atoms with E-state index in [4.69, 9.17) is 0 Å². The number of esters is 1. The summed E-state index contributed by atoms with van der Waals surface area (Å²) in [6.07, 6.45) is 1.07. The van der Waals surface area contributed by atoms with E-state index in [0.717, 1.165) is 5.56 Å². The zero-order valence-corrected chi connectivity index (χ0v) is 12.1. The van der Waals surface area contributed by atoms with Crippen LogP contribution < -0.4 is 5.32 Å². The number of amides is 1. The number of rotatable bonds is 8. The number of likely N-dealkylation sites (N-methyl/N-ethyl adjacent to an activating group) is 1. The van der Waals surface area contributed by atoms with E-state index in [1.54, 1.807) is 0 Å². The Hall–Kier alpha value is -1.88. The maximum atomic E-state index is 11.7. The van der Waals surface area contributed by atoms with Gasteiger partial charge in [0.25, 0.3) is 0 Å². The SMILES string of the molecule is COC(=O)CCCN(C)CC(=O)NCc1ccccc1. The van der Waals surface area contributed by atoms with Crippen LogP contribution in [0.5, 0.6) is 0 Å². The molecule has 0 spiro atoms. The van der Waals surface area contributed by atoms with Crippen LogP contribution in [0.1, 0.15) is 18.4 Å². The molecule has 0 radical (unpaired) electrons. The third-order valence-corrected chi connectivity index (χ3v) is 2.89. The second-order valence-electron chi connectivity index (χ2n) is 4.68. The number of ether oxygens (including phenoxy) is 1. The summed E-state index contributed by atoms with van der Waals surface area (Å²) in [5.41, 5.74) is 1.08. The molecule has 5 nitrogen and oxygen atoms in total. The second-order valence-corrected chi connectivity index (χ2v) is 4.68. The van der Waals surface area contributed by atoms with Gasteiger partial charge in [-0.1, -0.05) is 30.3 Å². The lowest BCUT2D eigenvalue weighted by molar-refractivity contribution is -0.140. The number of hydrogen-bond acceptors (Lipinski definition) is 4. The zero-order valence-electron chi connectivity index (χ0n) is 12.1. The Balaban J connectivity index is 2.16. The quantitative estimate of drug-likeness (QED) is 0.726. The summed E-state index contributed by atoms with van der Waals surface area (Å²) >= 11 is 0. The minimum Gasteiger partial charge on any atom is -0.469 e. The molecule has 0 heterocycles. The minimum atomic E-state index is -0.216. The highest BCUT2D eigenvalue weighted by atomic mass is 16.5. The maximum absolute atomic E-state index is 11.7. The van der Waals surface area contributed by atoms with Crippen LogP contribution in [0.25, 0.3) is 0 Å². The number of carbonyl (C=O) groups excluding carboxylic acids is 2. The molecule has 20 heavy (non-hydrogen) atoms. The van der Waals surface area contributed by atoms with Crippen LogP contribution in [-0.2, 0) is 20.9 Å². The summed E-state index contributed by atoms with van der Waals surface area (Å²) in [6.45, 7) is 1.55. The van der Waals surface area contributed by atoms with Crippen molar-refractivity contribution in [3.8, 4) is 0 Å². The van der Waals surface area contributed by atoms with Crippen LogP contribution in [0.15, 0.2) is 30.3 Å². The van der Waals surface area contributed by atoms with Crippen LogP contribution in [-0.4, -0.2) is 44.0 Å². The van der Waals surface area contributed by atoms with Gasteiger partial charge in [-0.2, -0.15) is 0 Å². The van der Waals surface area contributed by atoms with Gasteiger partial charge in [-0.15, -0.1) is 0 Å². The third kappa shape index (κ3) is 6.89. The first-order chi connectivity index (χ1) is 9.61. The van der Waals surface area contributed by atoms with E-state index in [0.29, 0.717) is 32.5 Å². The monoisotopic (exact) mass is 278 g/mol. The Morgan fingerprint density at radius 1 is 1.25 bits per heavy atom. The van der Waals surface area contributed by atoms with Crippen molar-refractivity contribution in [2.24, 2.45) is 0 Å². The summed E-state index contributed by atoms with van der Waals surface area (Å²) in [6, 6.07) is 9.78. The molecule has 0 bridgehead atoms. The standard InChI is InChI=1S/C15H22N2O3/c1-17(10-6-9-15(19)20-2)12-14(18)16-11-13-7-4-3-5-8-13/h3-5,7-8H,6,9-12H2,1-2H3,(H,16,18). The van der Waals surface area contributed by atoms with Crippen molar-refractivity contribution in [3.63, 3.8) is 0 Å². The van der Waals surface area contributed by atoms with Gasteiger partial charge in [0, 0.05) is 13.0 Å². The molecule has 0 saturated carbocycles. The molecule has 0 aliphatic carbocycles. The molecule has 1 aromatic rings. The summed E-state index contributed by atoms with van der Waals surface area (Å²) < 4.78 is 4.56. The molecule has 110 valence electrons. The molecule has 1 amide bonds. The molecular weight excluding hydrogens is 256 g/mol. The zero-order chi connectivity index (χ0) is 14.8. The predicted octanol–water partition coefficient (Wildman–Crippen LogP) is 1.19. The van der Waals surface area contributed by atoms with Gasteiger partial charge >= 0.3 is 5.97 Å². The van der Waals surface area contributed by atoms with Crippen molar-refractivity contribution in [3.05, 3.63) is 35.9 Å². The summed E-state index contributed by atoms with van der Waals surface area (Å²) in [5.74, 6) is -0.235. The maximum Gasteiger partial charge on any atom is 0.305 e. The lowest BCUT2D eigenvalue weighted by atomic mass is 10.2. The Kier molecular flexibility index (Phi) is 7.35.